The van der Waals surface area contributed by atoms with E-state index in [1.807, 2.05) is 12.2 Å². The summed E-state index contributed by atoms with van der Waals surface area (Å²) >= 11 is 0. The molecule has 0 amide bonds. The van der Waals surface area contributed by atoms with Crippen molar-refractivity contribution in [2.45, 2.75) is 121 Å². The fourth-order valence-electron chi connectivity index (χ4n) is 11.1. The summed E-state index contributed by atoms with van der Waals surface area (Å²) in [6.45, 7) is 4.30. The molecule has 318 valence electrons. The number of benzene rings is 1. The van der Waals surface area contributed by atoms with Gasteiger partial charge in [0, 0.05) is 29.1 Å². The van der Waals surface area contributed by atoms with Crippen LogP contribution in [0.25, 0.3) is 0 Å². The molecule has 1 aromatic rings. The second kappa shape index (κ2) is 16.8. The molecule has 0 aliphatic heterocycles. The Bertz CT molecular complexity index is 1840. The Labute approximate surface area is 336 Å². The Kier molecular flexibility index (Phi) is 12.7. The molecule has 0 saturated heterocycles. The quantitative estimate of drug-likeness (QED) is 0.0676. The topological polar surface area (TPSA) is 151 Å². The van der Waals surface area contributed by atoms with E-state index >= 15 is 4.39 Å². The second-order valence-electron chi connectivity index (χ2n) is 17.6. The summed E-state index contributed by atoms with van der Waals surface area (Å²) in [5, 5.41) is 44.6. The van der Waals surface area contributed by atoms with Crippen molar-refractivity contribution in [2.75, 3.05) is 13.2 Å². The minimum absolute atomic E-state index is 0.0145. The minimum Gasteiger partial charge on any atom is -0.491 e. The van der Waals surface area contributed by atoms with Crippen molar-refractivity contribution in [3.05, 3.63) is 77.9 Å². The number of fused-ring (bicyclic) bond motifs is 5. The first-order chi connectivity index (χ1) is 27.3. The SMILES string of the molecule is C[C@@H]1C[C@H]2[C@@H]3CCC4=CC(=O)C=C[C@]4(C)[C@@]3(F)[C@@H](O)C[C@]2(C)[C@@]1(O)C(=O)COC(=O)CCC/C=C\C[C@H]1CC[C@@H](O)[C@@H]1/C=C/[C@@H](O)COc1cccc(C(F)(F)F)c1. The summed E-state index contributed by atoms with van der Waals surface area (Å²) in [5.41, 5.74) is -6.59. The molecule has 12 atom stereocenters. The third-order valence-electron chi connectivity index (χ3n) is 14.3. The summed E-state index contributed by atoms with van der Waals surface area (Å²) in [7, 11) is 0. The highest BCUT2D eigenvalue weighted by molar-refractivity contribution is 6.01. The van der Waals surface area contributed by atoms with Gasteiger partial charge in [0.15, 0.2) is 18.1 Å². The lowest BCUT2D eigenvalue weighted by molar-refractivity contribution is -0.220. The van der Waals surface area contributed by atoms with Gasteiger partial charge < -0.3 is 29.9 Å². The van der Waals surface area contributed by atoms with E-state index in [4.69, 9.17) is 9.47 Å². The Hall–Kier alpha value is -3.65. The van der Waals surface area contributed by atoms with Crippen molar-refractivity contribution in [3.8, 4) is 5.75 Å². The number of allylic oxidation sites excluding steroid dienone is 6. The average Bonchev–Trinajstić information content (AvgIpc) is 3.62. The normalized spacial score (nSPS) is 37.7. The van der Waals surface area contributed by atoms with E-state index < -0.39 is 88.3 Å². The number of hydrogen-bond donors (Lipinski definition) is 4. The van der Waals surface area contributed by atoms with Crippen LogP contribution in [-0.2, 0) is 25.3 Å². The zero-order valence-electron chi connectivity index (χ0n) is 33.3. The molecule has 4 saturated carbocycles. The minimum atomic E-state index is -4.51. The van der Waals surface area contributed by atoms with E-state index in [1.54, 1.807) is 32.9 Å². The van der Waals surface area contributed by atoms with Gasteiger partial charge in [-0.3, -0.25) is 14.4 Å². The fraction of sp³-hybridized carbons (Fsp3) is 0.622. The van der Waals surface area contributed by atoms with E-state index in [0.29, 0.717) is 50.5 Å². The maximum absolute atomic E-state index is 17.4. The third-order valence-corrected chi connectivity index (χ3v) is 14.3. The molecule has 9 nitrogen and oxygen atoms in total. The third kappa shape index (κ3) is 8.00. The molecule has 0 bridgehead atoms. The fourth-order valence-corrected chi connectivity index (χ4v) is 11.1. The first-order valence-corrected chi connectivity index (χ1v) is 20.5. The number of Topliss-reactive ketones (excluding diaryl/α,β-unsaturated/α-hetero) is 1. The monoisotopic (exact) mass is 816 g/mol. The smallest absolute Gasteiger partial charge is 0.416 e. The van der Waals surface area contributed by atoms with Gasteiger partial charge in [-0.1, -0.05) is 55.9 Å². The van der Waals surface area contributed by atoms with E-state index in [2.05, 4.69) is 0 Å². The highest BCUT2D eigenvalue weighted by atomic mass is 19.4. The van der Waals surface area contributed by atoms with Crippen LogP contribution in [0.3, 0.4) is 0 Å². The number of ketones is 2. The number of esters is 1. The van der Waals surface area contributed by atoms with Crippen LogP contribution in [-0.4, -0.2) is 80.8 Å². The standard InChI is InChI=1S/C45H56F4O9/c1-27-21-36-35-17-14-29-22-31(50)19-20-41(29,2)43(35,46)38(53)24-42(36,3)44(27,56)39(54)26-58-40(55)12-7-5-4-6-9-28-13-18-37(52)34(28)16-15-32(51)25-57-33-11-8-10-30(23-33)45(47,48)49/h4,6,8,10-11,15-16,19-20,22-23,27-28,32,34-38,51-53,56H,5,7,9,12-14,17-18,21,24-26H2,1-3H3/b6-4-,16-15+/t27-,28+,32-,34-,35+,36+,37-,38+,41+,42+,43+,44+/m1/s1. The van der Waals surface area contributed by atoms with Crippen LogP contribution in [0, 0.1) is 40.4 Å². The van der Waals surface area contributed by atoms with Gasteiger partial charge in [0.05, 0.1) is 17.8 Å². The highest BCUT2D eigenvalue weighted by Crippen LogP contribution is 2.70. The Morgan fingerprint density at radius 3 is 2.59 bits per heavy atom. The molecule has 0 unspecified atom stereocenters. The number of aliphatic hydroxyl groups excluding tert-OH is 3. The number of carbonyl (C=O) groups is 3. The zero-order valence-corrected chi connectivity index (χ0v) is 33.3. The Balaban J connectivity index is 0.947. The van der Waals surface area contributed by atoms with E-state index in [0.717, 1.165) is 18.6 Å². The lowest BCUT2D eigenvalue weighted by atomic mass is 9.44. The Morgan fingerprint density at radius 1 is 1.09 bits per heavy atom. The van der Waals surface area contributed by atoms with Crippen molar-refractivity contribution in [2.24, 2.45) is 40.4 Å². The van der Waals surface area contributed by atoms with Gasteiger partial charge in [-0.15, -0.1) is 0 Å². The number of alkyl halides is 4. The summed E-state index contributed by atoms with van der Waals surface area (Å²) in [6, 6.07) is 4.41. The van der Waals surface area contributed by atoms with Gasteiger partial charge >= 0.3 is 12.1 Å². The summed E-state index contributed by atoms with van der Waals surface area (Å²) in [5.74, 6) is -3.29. The van der Waals surface area contributed by atoms with E-state index in [1.165, 1.54) is 30.4 Å². The Morgan fingerprint density at radius 2 is 1.84 bits per heavy atom. The number of ether oxygens (including phenoxy) is 2. The first kappa shape index (κ1) is 43.9. The first-order valence-electron chi connectivity index (χ1n) is 20.5. The largest absolute Gasteiger partial charge is 0.491 e. The maximum atomic E-state index is 17.4. The lowest BCUT2D eigenvalue weighted by Gasteiger charge is -2.62. The zero-order chi connectivity index (χ0) is 42.3. The maximum Gasteiger partial charge on any atom is 0.416 e. The lowest BCUT2D eigenvalue weighted by Crippen LogP contribution is -2.69. The predicted molar refractivity (Wildman–Crippen MR) is 206 cm³/mol. The molecule has 0 spiro atoms. The van der Waals surface area contributed by atoms with Crippen molar-refractivity contribution >= 4 is 17.5 Å². The van der Waals surface area contributed by atoms with Gasteiger partial charge in [0.25, 0.3) is 0 Å². The molecule has 5 aliphatic carbocycles. The number of unbranched alkanes of at least 4 members (excludes halogenated alkanes) is 1. The van der Waals surface area contributed by atoms with Crippen LogP contribution in [0.2, 0.25) is 0 Å². The summed E-state index contributed by atoms with van der Waals surface area (Å²) < 4.78 is 67.1. The van der Waals surface area contributed by atoms with Crippen molar-refractivity contribution in [3.63, 3.8) is 0 Å². The summed E-state index contributed by atoms with van der Waals surface area (Å²) in [4.78, 5) is 38.6. The average molecular weight is 817 g/mol. The predicted octanol–water partition coefficient (Wildman–Crippen LogP) is 6.97. The highest BCUT2D eigenvalue weighted by Gasteiger charge is 2.75. The van der Waals surface area contributed by atoms with Crippen molar-refractivity contribution in [1.82, 2.24) is 0 Å². The van der Waals surface area contributed by atoms with Gasteiger partial charge in [-0.05, 0) is 113 Å². The molecule has 13 heteroatoms. The number of halogens is 4. The van der Waals surface area contributed by atoms with Crippen molar-refractivity contribution < 1.29 is 61.8 Å². The van der Waals surface area contributed by atoms with Crippen molar-refractivity contribution in [1.29, 1.82) is 0 Å². The molecule has 5 aliphatic rings. The second-order valence-corrected chi connectivity index (χ2v) is 17.6. The van der Waals surface area contributed by atoms with Gasteiger partial charge in [0.2, 0.25) is 5.78 Å². The molecule has 4 N–H and O–H groups in total. The van der Waals surface area contributed by atoms with E-state index in [-0.39, 0.29) is 42.8 Å². The van der Waals surface area contributed by atoms with Gasteiger partial charge in [0.1, 0.15) is 24.1 Å². The number of aliphatic hydroxyl groups is 4. The van der Waals surface area contributed by atoms with Gasteiger partial charge in [-0.2, -0.15) is 13.2 Å². The number of hydrogen-bond acceptors (Lipinski definition) is 9. The molecule has 0 radical (unpaired) electrons. The molecular formula is C45H56F4O9. The van der Waals surface area contributed by atoms with Crippen LogP contribution >= 0.6 is 0 Å². The molecule has 0 heterocycles. The van der Waals surface area contributed by atoms with Crippen LogP contribution in [0.5, 0.6) is 5.75 Å². The molecule has 6 rings (SSSR count). The number of carbonyl (C=O) groups excluding carboxylic acids is 3. The molecule has 58 heavy (non-hydrogen) atoms. The molecule has 0 aromatic heterocycles. The van der Waals surface area contributed by atoms with Crippen LogP contribution in [0.4, 0.5) is 17.6 Å². The van der Waals surface area contributed by atoms with Crippen LogP contribution in [0.1, 0.15) is 90.5 Å². The van der Waals surface area contributed by atoms with Crippen LogP contribution in [0.15, 0.2) is 72.4 Å². The van der Waals surface area contributed by atoms with Gasteiger partial charge in [-0.25, -0.2) is 4.39 Å². The molecule has 1 aromatic carbocycles. The summed E-state index contributed by atoms with van der Waals surface area (Å²) in [6.07, 6.45) is 7.83. The van der Waals surface area contributed by atoms with Crippen LogP contribution < -0.4 is 4.74 Å². The number of rotatable bonds is 14. The molecule has 4 fully saturated rings. The van der Waals surface area contributed by atoms with E-state index in [9.17, 15) is 48.0 Å². The molecular weight excluding hydrogens is 760 g/mol.